The van der Waals surface area contributed by atoms with E-state index in [-0.39, 0.29) is 16.9 Å². The van der Waals surface area contributed by atoms with Gasteiger partial charge in [0.05, 0.1) is 5.56 Å². The molecule has 2 N–H and O–H groups in total. The van der Waals surface area contributed by atoms with Crippen molar-refractivity contribution < 1.29 is 27.5 Å². The highest BCUT2D eigenvalue weighted by molar-refractivity contribution is 6.08. The highest BCUT2D eigenvalue weighted by Crippen LogP contribution is 2.27. The molecule has 3 aromatic carbocycles. The highest BCUT2D eigenvalue weighted by Gasteiger charge is 2.16. The third-order valence-corrected chi connectivity index (χ3v) is 4.61. The van der Waals surface area contributed by atoms with E-state index in [4.69, 9.17) is 0 Å². The minimum atomic E-state index is -2.98. The number of ether oxygens (including phenoxy) is 1. The molecule has 3 aromatic rings. The normalized spacial score (nSPS) is 10.6. The van der Waals surface area contributed by atoms with E-state index < -0.39 is 24.2 Å². The number of rotatable bonds is 6. The summed E-state index contributed by atoms with van der Waals surface area (Å²) in [6.07, 6.45) is 0. The molecule has 0 spiro atoms. The molecule has 0 fully saturated rings. The number of benzene rings is 3. The average molecular weight is 428 g/mol. The van der Waals surface area contributed by atoms with Crippen LogP contribution in [0.15, 0.2) is 60.7 Å². The zero-order valence-electron chi connectivity index (χ0n) is 16.7. The van der Waals surface area contributed by atoms with E-state index in [1.165, 1.54) is 36.4 Å². The molecule has 0 heterocycles. The van der Waals surface area contributed by atoms with Crippen LogP contribution in [0.3, 0.4) is 0 Å². The molecule has 0 aliphatic carbocycles. The molecule has 0 unspecified atom stereocenters. The molecule has 2 amide bonds. The Balaban J connectivity index is 1.81. The molecule has 0 saturated heterocycles. The Labute approximate surface area is 176 Å². The zero-order valence-corrected chi connectivity index (χ0v) is 16.7. The van der Waals surface area contributed by atoms with Crippen LogP contribution in [0.5, 0.6) is 5.75 Å². The topological polar surface area (TPSA) is 67.4 Å². The van der Waals surface area contributed by atoms with Crippen LogP contribution in [-0.2, 0) is 0 Å². The summed E-state index contributed by atoms with van der Waals surface area (Å²) in [7, 11) is 0. The maximum absolute atomic E-state index is 13.9. The van der Waals surface area contributed by atoms with Crippen LogP contribution >= 0.6 is 0 Å². The minimum Gasteiger partial charge on any atom is -0.434 e. The highest BCUT2D eigenvalue weighted by atomic mass is 19.3. The lowest BCUT2D eigenvalue weighted by Crippen LogP contribution is -2.17. The fourth-order valence-corrected chi connectivity index (χ4v) is 2.90. The third-order valence-electron chi connectivity index (χ3n) is 4.61. The van der Waals surface area contributed by atoms with Gasteiger partial charge in [0.2, 0.25) is 0 Å². The number of hydrogen-bond acceptors (Lipinski definition) is 3. The van der Waals surface area contributed by atoms with Gasteiger partial charge in [0.1, 0.15) is 11.6 Å². The van der Waals surface area contributed by atoms with E-state index >= 15 is 0 Å². The van der Waals surface area contributed by atoms with Crippen LogP contribution < -0.4 is 15.4 Å². The summed E-state index contributed by atoms with van der Waals surface area (Å²) in [6, 6.07) is 14.6. The number of alkyl halides is 2. The largest absolute Gasteiger partial charge is 0.434 e. The van der Waals surface area contributed by atoms with Gasteiger partial charge in [0.15, 0.2) is 0 Å². The van der Waals surface area contributed by atoms with Crippen molar-refractivity contribution in [3.05, 3.63) is 88.7 Å². The van der Waals surface area contributed by atoms with Crippen molar-refractivity contribution in [1.82, 2.24) is 0 Å². The molecule has 0 aromatic heterocycles. The molecule has 160 valence electrons. The molecule has 0 aliphatic rings. The van der Waals surface area contributed by atoms with Crippen LogP contribution in [0, 0.1) is 19.7 Å². The smallest absolute Gasteiger partial charge is 0.387 e. The van der Waals surface area contributed by atoms with Crippen molar-refractivity contribution in [3.63, 3.8) is 0 Å². The van der Waals surface area contributed by atoms with Gasteiger partial charge in [-0.25, -0.2) is 4.39 Å². The Morgan fingerprint density at radius 2 is 1.58 bits per heavy atom. The SMILES string of the molecule is Cc1ccc(C(=O)Nc2cccc(OC(F)F)c2C)cc1NC(=O)c1ccccc1F. The number of anilines is 2. The van der Waals surface area contributed by atoms with E-state index in [0.717, 1.165) is 0 Å². The maximum atomic E-state index is 13.9. The molecule has 5 nitrogen and oxygen atoms in total. The van der Waals surface area contributed by atoms with Crippen LogP contribution in [0.4, 0.5) is 24.5 Å². The van der Waals surface area contributed by atoms with Crippen LogP contribution in [0.1, 0.15) is 31.8 Å². The van der Waals surface area contributed by atoms with Crippen molar-refractivity contribution in [3.8, 4) is 5.75 Å². The Morgan fingerprint density at radius 3 is 2.29 bits per heavy atom. The van der Waals surface area contributed by atoms with Gasteiger partial charge in [-0.2, -0.15) is 8.78 Å². The fourth-order valence-electron chi connectivity index (χ4n) is 2.90. The summed E-state index contributed by atoms with van der Waals surface area (Å²) in [5, 5.41) is 5.25. The standard InChI is InChI=1S/C23H19F3N2O3/c1-13-10-11-15(12-19(13)28-22(30)16-6-3-4-7-17(16)24)21(29)27-18-8-5-9-20(14(18)2)31-23(25)26/h3-12,23H,1-2H3,(H,27,29)(H,28,30). The number of carbonyl (C=O) groups excluding carboxylic acids is 2. The van der Waals surface area contributed by atoms with Gasteiger partial charge in [0, 0.05) is 22.5 Å². The fraction of sp³-hybridized carbons (Fsp3) is 0.130. The number of nitrogens with one attached hydrogen (secondary N) is 2. The second kappa shape index (κ2) is 9.34. The van der Waals surface area contributed by atoms with Crippen LogP contribution in [-0.4, -0.2) is 18.4 Å². The molecular formula is C23H19F3N2O3. The summed E-state index contributed by atoms with van der Waals surface area (Å²) in [4.78, 5) is 25.1. The lowest BCUT2D eigenvalue weighted by Gasteiger charge is -2.14. The van der Waals surface area contributed by atoms with Gasteiger partial charge >= 0.3 is 6.61 Å². The number of halogens is 3. The Morgan fingerprint density at radius 1 is 0.871 bits per heavy atom. The predicted molar refractivity (Wildman–Crippen MR) is 111 cm³/mol. The van der Waals surface area contributed by atoms with E-state index in [1.54, 1.807) is 38.1 Å². The quantitative estimate of drug-likeness (QED) is 0.541. The Hall–Kier alpha value is -3.81. The summed E-state index contributed by atoms with van der Waals surface area (Å²) in [5.74, 6) is -1.87. The first-order valence-electron chi connectivity index (χ1n) is 9.28. The predicted octanol–water partition coefficient (Wildman–Crippen LogP) is 5.55. The average Bonchev–Trinajstić information content (AvgIpc) is 2.72. The molecule has 0 aliphatic heterocycles. The van der Waals surface area contributed by atoms with Crippen molar-refractivity contribution >= 4 is 23.2 Å². The zero-order chi connectivity index (χ0) is 22.5. The van der Waals surface area contributed by atoms with E-state index in [2.05, 4.69) is 15.4 Å². The number of amides is 2. The first-order chi connectivity index (χ1) is 14.8. The van der Waals surface area contributed by atoms with Crippen molar-refractivity contribution in [2.75, 3.05) is 10.6 Å². The lowest BCUT2D eigenvalue weighted by molar-refractivity contribution is -0.0502. The van der Waals surface area contributed by atoms with Crippen LogP contribution in [0.25, 0.3) is 0 Å². The summed E-state index contributed by atoms with van der Waals surface area (Å²) < 4.78 is 43.4. The van der Waals surface area contributed by atoms with Gasteiger partial charge in [-0.15, -0.1) is 0 Å². The van der Waals surface area contributed by atoms with Gasteiger partial charge in [0.25, 0.3) is 11.8 Å². The van der Waals surface area contributed by atoms with Gasteiger partial charge in [-0.1, -0.05) is 24.3 Å². The number of aryl methyl sites for hydroxylation is 1. The molecule has 8 heteroatoms. The maximum Gasteiger partial charge on any atom is 0.387 e. The molecule has 3 rings (SSSR count). The molecule has 0 radical (unpaired) electrons. The van der Waals surface area contributed by atoms with E-state index in [0.29, 0.717) is 22.5 Å². The first kappa shape index (κ1) is 21.9. The number of hydrogen-bond donors (Lipinski definition) is 2. The second-order valence-electron chi connectivity index (χ2n) is 6.73. The molecular weight excluding hydrogens is 409 g/mol. The molecule has 31 heavy (non-hydrogen) atoms. The molecule has 0 bridgehead atoms. The Kier molecular flexibility index (Phi) is 6.59. The Bertz CT molecular complexity index is 1130. The third kappa shape index (κ3) is 5.22. The van der Waals surface area contributed by atoms with Crippen molar-refractivity contribution in [2.24, 2.45) is 0 Å². The summed E-state index contributed by atoms with van der Waals surface area (Å²) in [5.41, 5.74) is 1.76. The summed E-state index contributed by atoms with van der Waals surface area (Å²) in [6.45, 7) is 0.290. The van der Waals surface area contributed by atoms with Gasteiger partial charge in [-0.3, -0.25) is 9.59 Å². The number of carbonyl (C=O) groups is 2. The molecule has 0 atom stereocenters. The van der Waals surface area contributed by atoms with Gasteiger partial charge < -0.3 is 15.4 Å². The lowest BCUT2D eigenvalue weighted by atomic mass is 10.1. The van der Waals surface area contributed by atoms with E-state index in [1.807, 2.05) is 0 Å². The van der Waals surface area contributed by atoms with E-state index in [9.17, 15) is 22.8 Å². The first-order valence-corrected chi connectivity index (χ1v) is 9.28. The summed E-state index contributed by atoms with van der Waals surface area (Å²) >= 11 is 0. The van der Waals surface area contributed by atoms with Crippen molar-refractivity contribution in [2.45, 2.75) is 20.5 Å². The molecule has 0 saturated carbocycles. The second-order valence-corrected chi connectivity index (χ2v) is 6.73. The van der Waals surface area contributed by atoms with Crippen LogP contribution in [0.2, 0.25) is 0 Å². The van der Waals surface area contributed by atoms with Gasteiger partial charge in [-0.05, 0) is 55.8 Å². The minimum absolute atomic E-state index is 0.0467. The monoisotopic (exact) mass is 428 g/mol. The van der Waals surface area contributed by atoms with Crippen molar-refractivity contribution in [1.29, 1.82) is 0 Å².